The van der Waals surface area contributed by atoms with Gasteiger partial charge in [0.15, 0.2) is 0 Å². The minimum absolute atomic E-state index is 0.559. The lowest BCUT2D eigenvalue weighted by Gasteiger charge is -1.84. The van der Waals surface area contributed by atoms with Crippen LogP contribution in [0.3, 0.4) is 0 Å². The van der Waals surface area contributed by atoms with Gasteiger partial charge in [0.1, 0.15) is 0 Å². The first kappa shape index (κ1) is 5.87. The van der Waals surface area contributed by atoms with E-state index < -0.39 is 17.6 Å². The van der Waals surface area contributed by atoms with E-state index in [1.165, 1.54) is 0 Å². The van der Waals surface area contributed by atoms with Crippen molar-refractivity contribution in [2.75, 3.05) is 0 Å². The Balaban J connectivity index is 3.33. The van der Waals surface area contributed by atoms with Gasteiger partial charge in [-0.3, -0.25) is 9.78 Å². The number of aromatic amines is 1. The molecule has 0 atom stereocenters. The number of nitrogens with one attached hydrogen (secondary N) is 1. The number of halogens is 2. The van der Waals surface area contributed by atoms with Crippen LogP contribution < -0.4 is 5.56 Å². The van der Waals surface area contributed by atoms with Crippen LogP contribution in [-0.2, 0) is 0 Å². The van der Waals surface area contributed by atoms with E-state index >= 15 is 0 Å². The summed E-state index contributed by atoms with van der Waals surface area (Å²) in [6.07, 6.45) is -1.21. The predicted octanol–water partition coefficient (Wildman–Crippen LogP) is 0.0481. The molecule has 0 amide bonds. The Labute approximate surface area is 48.4 Å². The van der Waals surface area contributed by atoms with E-state index in [9.17, 15) is 13.6 Å². The first-order valence-electron chi connectivity index (χ1n) is 2.11. The highest BCUT2D eigenvalue weighted by molar-refractivity contribution is 4.82. The van der Waals surface area contributed by atoms with E-state index in [0.717, 1.165) is 0 Å². The van der Waals surface area contributed by atoms with Crippen LogP contribution in [0, 0.1) is 12.0 Å². The average Bonchev–Trinajstić information content (AvgIpc) is 1.59. The van der Waals surface area contributed by atoms with E-state index in [2.05, 4.69) is 4.98 Å². The zero-order valence-corrected chi connectivity index (χ0v) is 4.19. The van der Waals surface area contributed by atoms with E-state index in [0.29, 0.717) is 6.07 Å². The van der Waals surface area contributed by atoms with Crippen LogP contribution in [0.25, 0.3) is 0 Å². The van der Waals surface area contributed by atoms with Crippen LogP contribution in [0.5, 0.6) is 0 Å². The molecule has 0 aliphatic rings. The second-order valence-electron chi connectivity index (χ2n) is 1.36. The number of hydrogen-bond donors (Lipinski definition) is 1. The quantitative estimate of drug-likeness (QED) is 0.400. The van der Waals surface area contributed by atoms with Crippen LogP contribution in [-0.4, -0.2) is 9.97 Å². The summed E-state index contributed by atoms with van der Waals surface area (Å²) in [6.45, 7) is 0. The van der Waals surface area contributed by atoms with Crippen molar-refractivity contribution in [3.05, 3.63) is 28.4 Å². The largest absolute Gasteiger partial charge is 0.292 e. The Kier molecular flexibility index (Phi) is 1.26. The lowest BCUT2D eigenvalue weighted by atomic mass is 10.6. The zero-order valence-electron chi connectivity index (χ0n) is 4.19. The summed E-state index contributed by atoms with van der Waals surface area (Å²) < 4.78 is 23.7. The van der Waals surface area contributed by atoms with Crippen molar-refractivity contribution in [3.8, 4) is 0 Å². The van der Waals surface area contributed by atoms with Crippen molar-refractivity contribution in [1.29, 1.82) is 0 Å². The first-order valence-corrected chi connectivity index (χ1v) is 2.11. The Hall–Kier alpha value is -1.26. The normalized spacial score (nSPS) is 9.56. The lowest BCUT2D eigenvalue weighted by molar-refractivity contribution is 0.478. The van der Waals surface area contributed by atoms with Gasteiger partial charge in [-0.2, -0.15) is 13.8 Å². The molecule has 0 fully saturated rings. The molecule has 1 N–H and O–H groups in total. The summed E-state index contributed by atoms with van der Waals surface area (Å²) in [4.78, 5) is 14.4. The Morgan fingerprint density at radius 3 is 2.67 bits per heavy atom. The fourth-order valence-electron chi connectivity index (χ4n) is 0.400. The third-order valence-corrected chi connectivity index (χ3v) is 0.682. The van der Waals surface area contributed by atoms with Crippen LogP contribution >= 0.6 is 0 Å². The summed E-state index contributed by atoms with van der Waals surface area (Å²) >= 11 is 0. The van der Waals surface area contributed by atoms with E-state index in [1.54, 1.807) is 4.98 Å². The highest BCUT2D eigenvalue weighted by Gasteiger charge is 1.95. The van der Waals surface area contributed by atoms with Crippen LogP contribution in [0.2, 0.25) is 0 Å². The molecule has 0 aliphatic heterocycles. The van der Waals surface area contributed by atoms with Gasteiger partial charge in [-0.1, -0.05) is 0 Å². The standard InChI is InChI=1S/C4H2F2N2O/c5-2-1-3(9)8-4(6)7-2/h1H,(H,7,8,9). The van der Waals surface area contributed by atoms with Crippen LogP contribution in [0.1, 0.15) is 0 Å². The maximum absolute atomic E-state index is 11.9. The van der Waals surface area contributed by atoms with Gasteiger partial charge in [-0.05, 0) is 0 Å². The van der Waals surface area contributed by atoms with Gasteiger partial charge in [-0.25, -0.2) is 0 Å². The Bertz CT molecular complexity index is 246. The third kappa shape index (κ3) is 1.31. The van der Waals surface area contributed by atoms with Crippen molar-refractivity contribution >= 4 is 0 Å². The van der Waals surface area contributed by atoms with Gasteiger partial charge in [-0.15, -0.1) is 0 Å². The van der Waals surface area contributed by atoms with Crippen molar-refractivity contribution in [1.82, 2.24) is 9.97 Å². The second kappa shape index (κ2) is 1.93. The molecule has 0 saturated heterocycles. The first-order chi connectivity index (χ1) is 4.18. The monoisotopic (exact) mass is 132 g/mol. The molecule has 0 bridgehead atoms. The van der Waals surface area contributed by atoms with Crippen LogP contribution in [0.4, 0.5) is 8.78 Å². The number of aromatic nitrogens is 2. The molecule has 1 heterocycles. The van der Waals surface area contributed by atoms with Gasteiger partial charge < -0.3 is 0 Å². The van der Waals surface area contributed by atoms with Crippen molar-refractivity contribution in [2.45, 2.75) is 0 Å². The van der Waals surface area contributed by atoms with E-state index in [1.807, 2.05) is 0 Å². The molecular weight excluding hydrogens is 130 g/mol. The molecule has 0 spiro atoms. The fourth-order valence-corrected chi connectivity index (χ4v) is 0.400. The topological polar surface area (TPSA) is 45.8 Å². The second-order valence-corrected chi connectivity index (χ2v) is 1.36. The average molecular weight is 132 g/mol. The van der Waals surface area contributed by atoms with Gasteiger partial charge in [0.25, 0.3) is 11.6 Å². The predicted molar refractivity (Wildman–Crippen MR) is 24.8 cm³/mol. The molecule has 48 valence electrons. The number of nitrogens with zero attached hydrogens (tertiary/aromatic N) is 1. The van der Waals surface area contributed by atoms with Gasteiger partial charge >= 0.3 is 0 Å². The molecular formula is C4H2F2N2O. The summed E-state index contributed by atoms with van der Waals surface area (Å²) in [5.41, 5.74) is -0.833. The third-order valence-electron chi connectivity index (χ3n) is 0.682. The molecule has 3 nitrogen and oxygen atoms in total. The molecule has 0 unspecified atom stereocenters. The minimum Gasteiger partial charge on any atom is -0.282 e. The summed E-state index contributed by atoms with van der Waals surface area (Å²) in [7, 11) is 0. The maximum Gasteiger partial charge on any atom is 0.292 e. The molecule has 0 radical (unpaired) electrons. The van der Waals surface area contributed by atoms with Crippen molar-refractivity contribution < 1.29 is 8.78 Å². The van der Waals surface area contributed by atoms with E-state index in [4.69, 9.17) is 0 Å². The number of H-pyrrole nitrogens is 1. The Morgan fingerprint density at radius 2 is 2.22 bits per heavy atom. The minimum atomic E-state index is -1.21. The molecule has 1 aromatic rings. The summed E-state index contributed by atoms with van der Waals surface area (Å²) in [6, 6.07) is 0.559. The van der Waals surface area contributed by atoms with Crippen LogP contribution in [0.15, 0.2) is 10.9 Å². The molecule has 0 aromatic carbocycles. The highest BCUT2D eigenvalue weighted by Crippen LogP contribution is 1.84. The molecule has 5 heteroatoms. The molecule has 0 aliphatic carbocycles. The SMILES string of the molecule is O=c1cc(F)nc(F)[nH]1. The smallest absolute Gasteiger partial charge is 0.282 e. The van der Waals surface area contributed by atoms with E-state index in [-0.39, 0.29) is 0 Å². The van der Waals surface area contributed by atoms with Gasteiger partial charge in [0, 0.05) is 0 Å². The number of rotatable bonds is 0. The number of hydrogen-bond acceptors (Lipinski definition) is 2. The molecule has 1 rings (SSSR count). The Morgan fingerprint density at radius 1 is 1.56 bits per heavy atom. The van der Waals surface area contributed by atoms with Gasteiger partial charge in [0.05, 0.1) is 6.07 Å². The highest BCUT2D eigenvalue weighted by atomic mass is 19.1. The molecule has 0 saturated carbocycles. The van der Waals surface area contributed by atoms with Gasteiger partial charge in [0.2, 0.25) is 5.95 Å². The maximum atomic E-state index is 11.9. The zero-order chi connectivity index (χ0) is 6.85. The lowest BCUT2D eigenvalue weighted by Crippen LogP contribution is -2.09. The molecule has 1 aromatic heterocycles. The van der Waals surface area contributed by atoms with Crippen molar-refractivity contribution in [3.63, 3.8) is 0 Å². The van der Waals surface area contributed by atoms with Crippen molar-refractivity contribution in [2.24, 2.45) is 0 Å². The fraction of sp³-hybridized carbons (Fsp3) is 0. The summed E-state index contributed by atoms with van der Waals surface area (Å²) in [5, 5.41) is 0. The molecule has 9 heavy (non-hydrogen) atoms. The summed E-state index contributed by atoms with van der Waals surface area (Å²) in [5.74, 6) is -1.11.